The Morgan fingerprint density at radius 2 is 2.20 bits per heavy atom. The molecule has 2 aromatic rings. The Morgan fingerprint density at radius 3 is 2.90 bits per heavy atom. The number of methoxy groups -OCH3 is 1. The molecule has 0 radical (unpaired) electrons. The summed E-state index contributed by atoms with van der Waals surface area (Å²) in [7, 11) is 1.66. The maximum absolute atomic E-state index is 9.61. The molecule has 2 rings (SSSR count). The van der Waals surface area contributed by atoms with Gasteiger partial charge in [-0.1, -0.05) is 19.1 Å². The Morgan fingerprint density at radius 1 is 1.40 bits per heavy atom. The monoisotopic (exact) mass is 274 g/mol. The van der Waals surface area contributed by atoms with Crippen LogP contribution in [-0.4, -0.2) is 29.8 Å². The van der Waals surface area contributed by atoms with Crippen LogP contribution in [0.25, 0.3) is 10.9 Å². The number of para-hydroxylation sites is 1. The highest BCUT2D eigenvalue weighted by atomic mass is 16.5. The number of rotatable bonds is 6. The van der Waals surface area contributed by atoms with E-state index in [0.717, 1.165) is 47.4 Å². The number of pyridine rings is 1. The number of hydrogen-bond acceptors (Lipinski definition) is 4. The fourth-order valence-corrected chi connectivity index (χ4v) is 2.24. The summed E-state index contributed by atoms with van der Waals surface area (Å²) in [6.45, 7) is 4.70. The number of benzene rings is 1. The maximum Gasteiger partial charge on any atom is 0.145 e. The van der Waals surface area contributed by atoms with Crippen LogP contribution in [-0.2, 0) is 0 Å². The second kappa shape index (κ2) is 6.57. The highest BCUT2D eigenvalue weighted by Crippen LogP contribution is 2.29. The molecule has 1 heterocycles. The molecule has 1 aromatic carbocycles. The van der Waals surface area contributed by atoms with E-state index in [2.05, 4.69) is 10.3 Å². The Kier molecular flexibility index (Phi) is 4.79. The van der Waals surface area contributed by atoms with Crippen molar-refractivity contribution < 1.29 is 9.84 Å². The predicted octanol–water partition coefficient (Wildman–Crippen LogP) is 3.12. The molecule has 0 spiro atoms. The largest absolute Gasteiger partial charge is 0.494 e. The number of hydrogen-bond donors (Lipinski definition) is 2. The first-order valence-electron chi connectivity index (χ1n) is 7.02. The molecule has 0 bridgehead atoms. The van der Waals surface area contributed by atoms with Gasteiger partial charge in [0.1, 0.15) is 11.3 Å². The number of aromatic nitrogens is 1. The average molecular weight is 274 g/mol. The Balaban J connectivity index is 2.28. The lowest BCUT2D eigenvalue weighted by atomic mass is 10.1. The third-order valence-corrected chi connectivity index (χ3v) is 3.41. The van der Waals surface area contributed by atoms with E-state index >= 15 is 0 Å². The highest BCUT2D eigenvalue weighted by Gasteiger charge is 2.08. The van der Waals surface area contributed by atoms with Crippen LogP contribution in [0.2, 0.25) is 0 Å². The molecule has 0 fully saturated rings. The Labute approximate surface area is 119 Å². The quantitative estimate of drug-likeness (QED) is 0.849. The standard InChI is InChI=1S/C16H22N2O2/c1-4-12(19)8-9-17-14-10-11(2)18-16-13(14)6-5-7-15(16)20-3/h5-7,10,12,19H,4,8-9H2,1-3H3,(H,17,18). The third kappa shape index (κ3) is 3.20. The van der Waals surface area contributed by atoms with Gasteiger partial charge in [-0.05, 0) is 31.9 Å². The molecule has 0 saturated heterocycles. The van der Waals surface area contributed by atoms with Crippen LogP contribution in [0.4, 0.5) is 5.69 Å². The SMILES string of the molecule is CCC(O)CCNc1cc(C)nc2c(OC)cccc12. The van der Waals surface area contributed by atoms with E-state index in [1.807, 2.05) is 38.1 Å². The van der Waals surface area contributed by atoms with E-state index in [-0.39, 0.29) is 6.10 Å². The zero-order valence-corrected chi connectivity index (χ0v) is 12.3. The van der Waals surface area contributed by atoms with Crippen molar-refractivity contribution in [1.82, 2.24) is 4.98 Å². The first-order chi connectivity index (χ1) is 9.65. The van der Waals surface area contributed by atoms with Gasteiger partial charge in [-0.25, -0.2) is 4.98 Å². The van der Waals surface area contributed by atoms with Crippen molar-refractivity contribution in [1.29, 1.82) is 0 Å². The molecule has 0 aliphatic carbocycles. The van der Waals surface area contributed by atoms with Crippen LogP contribution >= 0.6 is 0 Å². The molecule has 4 nitrogen and oxygen atoms in total. The highest BCUT2D eigenvalue weighted by molar-refractivity contribution is 5.95. The van der Waals surface area contributed by atoms with Crippen LogP contribution in [0.1, 0.15) is 25.5 Å². The van der Waals surface area contributed by atoms with E-state index in [1.54, 1.807) is 7.11 Å². The lowest BCUT2D eigenvalue weighted by Gasteiger charge is -2.14. The zero-order chi connectivity index (χ0) is 14.5. The van der Waals surface area contributed by atoms with Crippen molar-refractivity contribution >= 4 is 16.6 Å². The second-order valence-corrected chi connectivity index (χ2v) is 4.95. The van der Waals surface area contributed by atoms with Crippen LogP contribution in [0, 0.1) is 6.92 Å². The van der Waals surface area contributed by atoms with Gasteiger partial charge in [0.2, 0.25) is 0 Å². The number of nitrogens with one attached hydrogen (secondary N) is 1. The fourth-order valence-electron chi connectivity index (χ4n) is 2.24. The summed E-state index contributed by atoms with van der Waals surface area (Å²) >= 11 is 0. The van der Waals surface area contributed by atoms with Gasteiger partial charge in [0.25, 0.3) is 0 Å². The van der Waals surface area contributed by atoms with Gasteiger partial charge in [0.05, 0.1) is 13.2 Å². The Bertz CT molecular complexity index is 584. The minimum absolute atomic E-state index is 0.244. The average Bonchev–Trinajstić information content (AvgIpc) is 2.46. The summed E-state index contributed by atoms with van der Waals surface area (Å²) < 4.78 is 5.37. The first-order valence-corrected chi connectivity index (χ1v) is 7.02. The summed E-state index contributed by atoms with van der Waals surface area (Å²) in [5.41, 5.74) is 2.85. The molecule has 0 amide bonds. The smallest absolute Gasteiger partial charge is 0.145 e. The summed E-state index contributed by atoms with van der Waals surface area (Å²) in [5.74, 6) is 0.780. The van der Waals surface area contributed by atoms with Crippen molar-refractivity contribution in [2.24, 2.45) is 0 Å². The number of aryl methyl sites for hydroxylation is 1. The summed E-state index contributed by atoms with van der Waals surface area (Å²) in [4.78, 5) is 4.55. The molecule has 0 aliphatic rings. The summed E-state index contributed by atoms with van der Waals surface area (Å²) in [6, 6.07) is 7.94. The molecular formula is C16H22N2O2. The Hall–Kier alpha value is -1.81. The molecule has 2 N–H and O–H groups in total. The zero-order valence-electron chi connectivity index (χ0n) is 12.3. The van der Waals surface area contributed by atoms with Gasteiger partial charge >= 0.3 is 0 Å². The number of aliphatic hydroxyl groups excluding tert-OH is 1. The molecule has 1 atom stereocenters. The molecule has 108 valence electrons. The molecule has 0 saturated carbocycles. The van der Waals surface area contributed by atoms with E-state index in [9.17, 15) is 5.11 Å². The molecule has 20 heavy (non-hydrogen) atoms. The van der Waals surface area contributed by atoms with E-state index < -0.39 is 0 Å². The molecular weight excluding hydrogens is 252 g/mol. The van der Waals surface area contributed by atoms with Gasteiger partial charge in [-0.3, -0.25) is 0 Å². The number of nitrogens with zero attached hydrogens (tertiary/aromatic N) is 1. The molecule has 1 aromatic heterocycles. The van der Waals surface area contributed by atoms with Gasteiger partial charge in [0.15, 0.2) is 0 Å². The van der Waals surface area contributed by atoms with Gasteiger partial charge in [-0.2, -0.15) is 0 Å². The van der Waals surface area contributed by atoms with Crippen molar-refractivity contribution in [3.05, 3.63) is 30.0 Å². The maximum atomic E-state index is 9.61. The van der Waals surface area contributed by atoms with Crippen molar-refractivity contribution in [2.75, 3.05) is 19.0 Å². The topological polar surface area (TPSA) is 54.4 Å². The van der Waals surface area contributed by atoms with Crippen molar-refractivity contribution in [3.8, 4) is 5.75 Å². The number of aliphatic hydroxyl groups is 1. The van der Waals surface area contributed by atoms with Crippen molar-refractivity contribution in [2.45, 2.75) is 32.8 Å². The second-order valence-electron chi connectivity index (χ2n) is 4.95. The molecule has 4 heteroatoms. The van der Waals surface area contributed by atoms with Crippen LogP contribution in [0.15, 0.2) is 24.3 Å². The number of fused-ring (bicyclic) bond motifs is 1. The summed E-state index contributed by atoms with van der Waals surface area (Å²) in [6.07, 6.45) is 1.28. The minimum atomic E-state index is -0.244. The third-order valence-electron chi connectivity index (χ3n) is 3.41. The van der Waals surface area contributed by atoms with Crippen molar-refractivity contribution in [3.63, 3.8) is 0 Å². The minimum Gasteiger partial charge on any atom is -0.494 e. The lowest BCUT2D eigenvalue weighted by Crippen LogP contribution is -2.12. The van der Waals surface area contributed by atoms with E-state index in [4.69, 9.17) is 4.74 Å². The van der Waals surface area contributed by atoms with E-state index in [0.29, 0.717) is 0 Å². The molecule has 0 aliphatic heterocycles. The predicted molar refractivity (Wildman–Crippen MR) is 82.4 cm³/mol. The van der Waals surface area contributed by atoms with Gasteiger partial charge < -0.3 is 15.2 Å². The van der Waals surface area contributed by atoms with Gasteiger partial charge in [-0.15, -0.1) is 0 Å². The van der Waals surface area contributed by atoms with Crippen LogP contribution in [0.5, 0.6) is 5.75 Å². The number of anilines is 1. The normalized spacial score (nSPS) is 12.4. The number of ether oxygens (including phenoxy) is 1. The van der Waals surface area contributed by atoms with E-state index in [1.165, 1.54) is 0 Å². The molecule has 1 unspecified atom stereocenters. The van der Waals surface area contributed by atoms with Crippen LogP contribution < -0.4 is 10.1 Å². The first kappa shape index (κ1) is 14.6. The van der Waals surface area contributed by atoms with Crippen LogP contribution in [0.3, 0.4) is 0 Å². The van der Waals surface area contributed by atoms with Gasteiger partial charge in [0, 0.05) is 23.3 Å². The fraction of sp³-hybridized carbons (Fsp3) is 0.438. The lowest BCUT2D eigenvalue weighted by molar-refractivity contribution is 0.164. The summed E-state index contributed by atoms with van der Waals surface area (Å²) in [5, 5.41) is 14.0.